The number of esters is 1. The zero-order valence-electron chi connectivity index (χ0n) is 17.5. The average Bonchev–Trinajstić information content (AvgIpc) is 2.63. The molecule has 28 heavy (non-hydrogen) atoms. The zero-order valence-corrected chi connectivity index (χ0v) is 18.2. The molecular weight excluding hydrogens is 380 g/mol. The molecule has 1 N–H and O–H groups in total. The van der Waals surface area contributed by atoms with Gasteiger partial charge in [-0.2, -0.15) is 0 Å². The first-order valence-electron chi connectivity index (χ1n) is 9.62. The van der Waals surface area contributed by atoms with Crippen LogP contribution >= 0.6 is 11.6 Å². The summed E-state index contributed by atoms with van der Waals surface area (Å²) in [5.74, 6) is -1.41. The third kappa shape index (κ3) is 6.82. The Labute approximate surface area is 172 Å². The second-order valence-electron chi connectivity index (χ2n) is 7.44. The summed E-state index contributed by atoms with van der Waals surface area (Å²) in [7, 11) is 0. The van der Waals surface area contributed by atoms with Crippen molar-refractivity contribution in [3.05, 3.63) is 34.9 Å². The highest BCUT2D eigenvalue weighted by molar-refractivity contribution is 6.30. The lowest BCUT2D eigenvalue weighted by atomic mass is 9.99. The minimum Gasteiger partial charge on any atom is -0.454 e. The quantitative estimate of drug-likeness (QED) is 0.630. The number of hydrogen-bond acceptors (Lipinski definition) is 4. The number of carbonyl (C=O) groups excluding carboxylic acids is 3. The van der Waals surface area contributed by atoms with Crippen LogP contribution in [-0.2, 0) is 14.3 Å². The minimum atomic E-state index is -0.840. The molecule has 1 rings (SSSR count). The number of ether oxygens (including phenoxy) is 1. The summed E-state index contributed by atoms with van der Waals surface area (Å²) < 4.78 is 5.26. The maximum absolute atomic E-state index is 12.6. The van der Waals surface area contributed by atoms with Crippen molar-refractivity contribution in [2.45, 2.75) is 66.1 Å². The Hall–Kier alpha value is -2.08. The molecule has 0 aliphatic heterocycles. The van der Waals surface area contributed by atoms with Crippen molar-refractivity contribution in [3.8, 4) is 0 Å². The highest BCUT2D eigenvalue weighted by Crippen LogP contribution is 2.14. The number of nitrogens with one attached hydrogen (secondary N) is 1. The molecule has 0 aliphatic carbocycles. The maximum Gasteiger partial charge on any atom is 0.329 e. The maximum atomic E-state index is 12.6. The van der Waals surface area contributed by atoms with Gasteiger partial charge < -0.3 is 15.0 Å². The van der Waals surface area contributed by atoms with Gasteiger partial charge in [0.05, 0.1) is 0 Å². The second kappa shape index (κ2) is 11.1. The summed E-state index contributed by atoms with van der Waals surface area (Å²) in [4.78, 5) is 39.2. The molecule has 6 nitrogen and oxygen atoms in total. The lowest BCUT2D eigenvalue weighted by Gasteiger charge is -2.31. The van der Waals surface area contributed by atoms with Gasteiger partial charge in [-0.05, 0) is 57.9 Å². The molecule has 0 unspecified atom stereocenters. The summed E-state index contributed by atoms with van der Waals surface area (Å²) in [6.07, 6.45) is 0.665. The van der Waals surface area contributed by atoms with Crippen LogP contribution in [0.4, 0.5) is 0 Å². The van der Waals surface area contributed by atoms with Crippen LogP contribution in [0.5, 0.6) is 0 Å². The van der Waals surface area contributed by atoms with Crippen LogP contribution in [0.15, 0.2) is 24.3 Å². The fourth-order valence-corrected chi connectivity index (χ4v) is 3.09. The smallest absolute Gasteiger partial charge is 0.329 e. The highest BCUT2D eigenvalue weighted by Gasteiger charge is 2.29. The minimum absolute atomic E-state index is 0.00109. The molecule has 2 amide bonds. The Morgan fingerprint density at radius 3 is 2.04 bits per heavy atom. The molecule has 0 radical (unpaired) electrons. The predicted molar refractivity (Wildman–Crippen MR) is 110 cm³/mol. The van der Waals surface area contributed by atoms with Crippen molar-refractivity contribution in [3.63, 3.8) is 0 Å². The number of hydrogen-bond donors (Lipinski definition) is 1. The van der Waals surface area contributed by atoms with E-state index in [4.69, 9.17) is 16.3 Å². The molecular formula is C21H31ClN2O4. The van der Waals surface area contributed by atoms with Crippen molar-refractivity contribution in [1.82, 2.24) is 10.2 Å². The normalized spacial score (nSPS) is 13.2. The predicted octanol–water partition coefficient (Wildman–Crippen LogP) is 3.67. The van der Waals surface area contributed by atoms with Crippen LogP contribution in [-0.4, -0.2) is 47.4 Å². The average molecular weight is 411 g/mol. The van der Waals surface area contributed by atoms with E-state index in [9.17, 15) is 14.4 Å². The Bertz CT molecular complexity index is 665. The van der Waals surface area contributed by atoms with E-state index in [0.717, 1.165) is 0 Å². The fraction of sp³-hybridized carbons (Fsp3) is 0.571. The van der Waals surface area contributed by atoms with Crippen LogP contribution in [0.25, 0.3) is 0 Å². The lowest BCUT2D eigenvalue weighted by molar-refractivity contribution is -0.156. The van der Waals surface area contributed by atoms with Gasteiger partial charge in [0, 0.05) is 22.7 Å². The number of rotatable bonds is 9. The van der Waals surface area contributed by atoms with E-state index < -0.39 is 17.9 Å². The van der Waals surface area contributed by atoms with Crippen LogP contribution < -0.4 is 5.32 Å². The van der Waals surface area contributed by atoms with Gasteiger partial charge in [-0.1, -0.05) is 31.9 Å². The molecule has 0 spiro atoms. The van der Waals surface area contributed by atoms with E-state index in [1.54, 1.807) is 29.2 Å². The van der Waals surface area contributed by atoms with Crippen molar-refractivity contribution in [2.75, 3.05) is 6.61 Å². The van der Waals surface area contributed by atoms with E-state index in [1.807, 2.05) is 41.5 Å². The molecule has 0 saturated carbocycles. The third-order valence-electron chi connectivity index (χ3n) is 4.60. The van der Waals surface area contributed by atoms with Gasteiger partial charge in [0.25, 0.3) is 11.8 Å². The lowest BCUT2D eigenvalue weighted by Crippen LogP contribution is -2.48. The van der Waals surface area contributed by atoms with E-state index in [2.05, 4.69) is 5.32 Å². The SMILES string of the molecule is CC[C@H](C)[C@H](NC(=O)c1ccc(Cl)cc1)C(=O)OCC(=O)N(C(C)C)C(C)C. The monoisotopic (exact) mass is 410 g/mol. The Morgan fingerprint density at radius 1 is 1.04 bits per heavy atom. The topological polar surface area (TPSA) is 75.7 Å². The molecule has 1 aromatic carbocycles. The van der Waals surface area contributed by atoms with Gasteiger partial charge in [-0.3, -0.25) is 9.59 Å². The van der Waals surface area contributed by atoms with Gasteiger partial charge in [0.1, 0.15) is 6.04 Å². The first-order chi connectivity index (χ1) is 13.1. The molecule has 156 valence electrons. The largest absolute Gasteiger partial charge is 0.454 e. The van der Waals surface area contributed by atoms with Crippen LogP contribution in [0, 0.1) is 5.92 Å². The Morgan fingerprint density at radius 2 is 1.57 bits per heavy atom. The van der Waals surface area contributed by atoms with Gasteiger partial charge >= 0.3 is 5.97 Å². The fourth-order valence-electron chi connectivity index (χ4n) is 2.96. The molecule has 1 aromatic rings. The van der Waals surface area contributed by atoms with Crippen molar-refractivity contribution >= 4 is 29.4 Å². The number of amides is 2. The summed E-state index contributed by atoms with van der Waals surface area (Å²) >= 11 is 5.84. The van der Waals surface area contributed by atoms with Crippen LogP contribution in [0.1, 0.15) is 58.3 Å². The number of halogens is 1. The second-order valence-corrected chi connectivity index (χ2v) is 7.88. The molecule has 7 heteroatoms. The molecule has 0 bridgehead atoms. The first-order valence-corrected chi connectivity index (χ1v) is 10.00. The van der Waals surface area contributed by atoms with Crippen LogP contribution in [0.2, 0.25) is 5.02 Å². The molecule has 0 heterocycles. The summed E-state index contributed by atoms with van der Waals surface area (Å²) in [6.45, 7) is 11.1. The third-order valence-corrected chi connectivity index (χ3v) is 4.85. The number of nitrogens with zero attached hydrogens (tertiary/aromatic N) is 1. The standard InChI is InChI=1S/C21H31ClN2O4/c1-7-15(6)19(23-20(26)16-8-10-17(22)11-9-16)21(27)28-12-18(25)24(13(2)3)14(4)5/h8-11,13-15,19H,7,12H2,1-6H3,(H,23,26)/t15-,19-/m0/s1. The van der Waals surface area contributed by atoms with E-state index in [-0.39, 0.29) is 30.5 Å². The van der Waals surface area contributed by atoms with Gasteiger partial charge in [-0.25, -0.2) is 4.79 Å². The van der Waals surface area contributed by atoms with Gasteiger partial charge in [0.15, 0.2) is 6.61 Å². The molecule has 2 atom stereocenters. The summed E-state index contributed by atoms with van der Waals surface area (Å²) in [6, 6.07) is 5.55. The molecule has 0 aliphatic rings. The van der Waals surface area contributed by atoms with Crippen molar-refractivity contribution in [2.24, 2.45) is 5.92 Å². The summed E-state index contributed by atoms with van der Waals surface area (Å²) in [5, 5.41) is 3.24. The molecule has 0 fully saturated rings. The van der Waals surface area contributed by atoms with E-state index >= 15 is 0 Å². The molecule has 0 saturated heterocycles. The van der Waals surface area contributed by atoms with Crippen LogP contribution in [0.3, 0.4) is 0 Å². The Balaban J connectivity index is 2.81. The summed E-state index contributed by atoms with van der Waals surface area (Å²) in [5.41, 5.74) is 0.396. The molecule has 0 aromatic heterocycles. The highest BCUT2D eigenvalue weighted by atomic mass is 35.5. The van der Waals surface area contributed by atoms with E-state index in [1.165, 1.54) is 0 Å². The van der Waals surface area contributed by atoms with E-state index in [0.29, 0.717) is 17.0 Å². The van der Waals surface area contributed by atoms with Gasteiger partial charge in [0.2, 0.25) is 0 Å². The Kier molecular flexibility index (Phi) is 9.46. The zero-order chi connectivity index (χ0) is 21.4. The van der Waals surface area contributed by atoms with Crippen molar-refractivity contribution in [1.29, 1.82) is 0 Å². The van der Waals surface area contributed by atoms with Crippen molar-refractivity contribution < 1.29 is 19.1 Å². The number of benzene rings is 1. The number of carbonyl (C=O) groups is 3. The first kappa shape index (κ1) is 24.0. The van der Waals surface area contributed by atoms with Gasteiger partial charge in [-0.15, -0.1) is 0 Å².